The number of halogens is 2. The number of hydrogen-bond acceptors (Lipinski definition) is 2. The van der Waals surface area contributed by atoms with Gasteiger partial charge in [-0.15, -0.1) is 11.6 Å². The molecule has 4 heteroatoms. The number of phenols is 1. The van der Waals surface area contributed by atoms with Crippen LogP contribution in [0.1, 0.15) is 16.8 Å². The van der Waals surface area contributed by atoms with E-state index in [-0.39, 0.29) is 18.0 Å². The molecule has 2 nitrogen and oxygen atoms in total. The van der Waals surface area contributed by atoms with Crippen molar-refractivity contribution in [2.45, 2.75) is 6.42 Å². The molecule has 0 aliphatic rings. The van der Waals surface area contributed by atoms with Crippen LogP contribution in [0, 0.1) is 0 Å². The standard InChI is InChI=1S/C9H8BrClO2/c10-8-2-1-6(12)5-7(8)9(13)3-4-11/h1-2,5,12H,3-4H2. The summed E-state index contributed by atoms with van der Waals surface area (Å²) in [5.74, 6) is 0.305. The number of rotatable bonds is 3. The Labute approximate surface area is 89.7 Å². The zero-order valence-electron chi connectivity index (χ0n) is 6.76. The molecule has 0 saturated carbocycles. The molecule has 0 bridgehead atoms. The van der Waals surface area contributed by atoms with Gasteiger partial charge in [-0.3, -0.25) is 4.79 Å². The van der Waals surface area contributed by atoms with Crippen molar-refractivity contribution in [2.75, 3.05) is 5.88 Å². The molecule has 1 aromatic carbocycles. The minimum atomic E-state index is -0.0715. The van der Waals surface area contributed by atoms with Gasteiger partial charge in [-0.05, 0) is 18.2 Å². The molecule has 0 amide bonds. The molecule has 0 aliphatic carbocycles. The first-order valence-corrected chi connectivity index (χ1v) is 5.05. The molecule has 0 aliphatic heterocycles. The van der Waals surface area contributed by atoms with Crippen LogP contribution in [0.3, 0.4) is 0 Å². The highest BCUT2D eigenvalue weighted by molar-refractivity contribution is 9.10. The molecular formula is C9H8BrClO2. The van der Waals surface area contributed by atoms with E-state index in [4.69, 9.17) is 16.7 Å². The fourth-order valence-electron chi connectivity index (χ4n) is 0.947. The number of ketones is 1. The highest BCUT2D eigenvalue weighted by Crippen LogP contribution is 2.22. The Balaban J connectivity index is 2.99. The lowest BCUT2D eigenvalue weighted by molar-refractivity contribution is 0.0988. The number of Topliss-reactive ketones (excluding diaryl/α,β-unsaturated/α-hetero) is 1. The van der Waals surface area contributed by atoms with E-state index < -0.39 is 0 Å². The van der Waals surface area contributed by atoms with E-state index in [1.165, 1.54) is 12.1 Å². The molecule has 13 heavy (non-hydrogen) atoms. The van der Waals surface area contributed by atoms with Gasteiger partial charge >= 0.3 is 0 Å². The summed E-state index contributed by atoms with van der Waals surface area (Å²) in [4.78, 5) is 11.4. The number of hydrogen-bond donors (Lipinski definition) is 1. The minimum Gasteiger partial charge on any atom is -0.508 e. The number of phenolic OH excluding ortho intramolecular Hbond substituents is 1. The summed E-state index contributed by atoms with van der Waals surface area (Å²) in [5.41, 5.74) is 0.473. The molecule has 70 valence electrons. The van der Waals surface area contributed by atoms with Crippen LogP contribution in [-0.2, 0) is 0 Å². The molecule has 1 N–H and O–H groups in total. The van der Waals surface area contributed by atoms with Crippen LogP contribution in [0.5, 0.6) is 5.75 Å². The molecule has 0 fully saturated rings. The van der Waals surface area contributed by atoms with Crippen molar-refractivity contribution in [2.24, 2.45) is 0 Å². The van der Waals surface area contributed by atoms with Gasteiger partial charge < -0.3 is 5.11 Å². The topological polar surface area (TPSA) is 37.3 Å². The van der Waals surface area contributed by atoms with Gasteiger partial charge in [-0.25, -0.2) is 0 Å². The van der Waals surface area contributed by atoms with E-state index in [0.717, 1.165) is 0 Å². The van der Waals surface area contributed by atoms with Crippen molar-refractivity contribution in [1.82, 2.24) is 0 Å². The van der Waals surface area contributed by atoms with Crippen LogP contribution in [0.4, 0.5) is 0 Å². The molecule has 0 atom stereocenters. The van der Waals surface area contributed by atoms with Gasteiger partial charge in [-0.2, -0.15) is 0 Å². The molecule has 0 aromatic heterocycles. The predicted molar refractivity (Wildman–Crippen MR) is 55.5 cm³/mol. The first kappa shape index (κ1) is 10.5. The third-order valence-corrected chi connectivity index (χ3v) is 2.45. The number of benzene rings is 1. The summed E-state index contributed by atoms with van der Waals surface area (Å²) in [5, 5.41) is 9.15. The summed E-state index contributed by atoms with van der Waals surface area (Å²) in [7, 11) is 0. The van der Waals surface area contributed by atoms with Gasteiger partial charge in [0, 0.05) is 22.3 Å². The van der Waals surface area contributed by atoms with E-state index in [2.05, 4.69) is 15.9 Å². The van der Waals surface area contributed by atoms with E-state index in [0.29, 0.717) is 15.9 Å². The van der Waals surface area contributed by atoms with Gasteiger partial charge in [0.1, 0.15) is 5.75 Å². The van der Waals surface area contributed by atoms with E-state index in [1.807, 2.05) is 0 Å². The van der Waals surface area contributed by atoms with E-state index in [9.17, 15) is 4.79 Å². The second-order valence-electron chi connectivity index (χ2n) is 2.53. The van der Waals surface area contributed by atoms with Crippen molar-refractivity contribution >= 4 is 33.3 Å². The average molecular weight is 264 g/mol. The molecule has 0 radical (unpaired) electrons. The number of aromatic hydroxyl groups is 1. The monoisotopic (exact) mass is 262 g/mol. The lowest BCUT2D eigenvalue weighted by Crippen LogP contribution is -2.00. The minimum absolute atomic E-state index is 0.0715. The summed E-state index contributed by atoms with van der Waals surface area (Å²) >= 11 is 8.67. The van der Waals surface area contributed by atoms with Crippen LogP contribution >= 0.6 is 27.5 Å². The smallest absolute Gasteiger partial charge is 0.165 e. The maximum atomic E-state index is 11.4. The highest BCUT2D eigenvalue weighted by atomic mass is 79.9. The highest BCUT2D eigenvalue weighted by Gasteiger charge is 2.09. The number of carbonyl (C=O) groups excluding carboxylic acids is 1. The molecule has 0 unspecified atom stereocenters. The van der Waals surface area contributed by atoms with E-state index in [1.54, 1.807) is 6.07 Å². The van der Waals surface area contributed by atoms with Crippen molar-refractivity contribution in [3.8, 4) is 5.75 Å². The normalized spacial score (nSPS) is 10.0. The first-order chi connectivity index (χ1) is 6.15. The van der Waals surface area contributed by atoms with Crippen LogP contribution < -0.4 is 0 Å². The van der Waals surface area contributed by atoms with Gasteiger partial charge in [0.2, 0.25) is 0 Å². The molecule has 0 saturated heterocycles. The maximum absolute atomic E-state index is 11.4. The third-order valence-electron chi connectivity index (χ3n) is 1.57. The molecular weight excluding hydrogens is 255 g/mol. The predicted octanol–water partition coefficient (Wildman–Crippen LogP) is 2.97. The Morgan fingerprint density at radius 2 is 2.23 bits per heavy atom. The van der Waals surface area contributed by atoms with Gasteiger partial charge in [-0.1, -0.05) is 15.9 Å². The van der Waals surface area contributed by atoms with Crippen LogP contribution in [0.25, 0.3) is 0 Å². The maximum Gasteiger partial charge on any atom is 0.165 e. The molecule has 0 heterocycles. The largest absolute Gasteiger partial charge is 0.508 e. The summed E-state index contributed by atoms with van der Waals surface area (Å²) < 4.78 is 0.681. The quantitative estimate of drug-likeness (QED) is 0.672. The van der Waals surface area contributed by atoms with Crippen molar-refractivity contribution in [3.63, 3.8) is 0 Å². The second-order valence-corrected chi connectivity index (χ2v) is 3.76. The van der Waals surface area contributed by atoms with Crippen LogP contribution in [0.2, 0.25) is 0 Å². The third kappa shape index (κ3) is 2.71. The zero-order chi connectivity index (χ0) is 9.84. The Hall–Kier alpha value is -0.540. The van der Waals surface area contributed by atoms with Crippen molar-refractivity contribution in [3.05, 3.63) is 28.2 Å². The summed E-state index contributed by atoms with van der Waals surface area (Å²) in [6.07, 6.45) is 0.281. The Morgan fingerprint density at radius 1 is 1.54 bits per heavy atom. The molecule has 1 rings (SSSR count). The Morgan fingerprint density at radius 3 is 2.85 bits per heavy atom. The lowest BCUT2D eigenvalue weighted by Gasteiger charge is -2.02. The molecule has 1 aromatic rings. The Bertz CT molecular complexity index is 325. The molecule has 0 spiro atoms. The van der Waals surface area contributed by atoms with Crippen molar-refractivity contribution in [1.29, 1.82) is 0 Å². The van der Waals surface area contributed by atoms with Crippen LogP contribution in [-0.4, -0.2) is 16.8 Å². The number of alkyl halides is 1. The fraction of sp³-hybridized carbons (Fsp3) is 0.222. The van der Waals surface area contributed by atoms with Crippen molar-refractivity contribution < 1.29 is 9.90 Å². The first-order valence-electron chi connectivity index (χ1n) is 3.73. The zero-order valence-corrected chi connectivity index (χ0v) is 9.10. The Kier molecular flexibility index (Phi) is 3.75. The van der Waals surface area contributed by atoms with Gasteiger partial charge in [0.05, 0.1) is 0 Å². The van der Waals surface area contributed by atoms with Gasteiger partial charge in [0.15, 0.2) is 5.78 Å². The second kappa shape index (κ2) is 4.63. The summed E-state index contributed by atoms with van der Waals surface area (Å²) in [6.45, 7) is 0. The number of carbonyl (C=O) groups is 1. The fourth-order valence-corrected chi connectivity index (χ4v) is 1.59. The van der Waals surface area contributed by atoms with Crippen LogP contribution in [0.15, 0.2) is 22.7 Å². The lowest BCUT2D eigenvalue weighted by atomic mass is 10.1. The average Bonchev–Trinajstić information content (AvgIpc) is 2.09. The van der Waals surface area contributed by atoms with Gasteiger partial charge in [0.25, 0.3) is 0 Å². The van der Waals surface area contributed by atoms with E-state index >= 15 is 0 Å². The summed E-state index contributed by atoms with van der Waals surface area (Å²) in [6, 6.07) is 4.58. The SMILES string of the molecule is O=C(CCCl)c1cc(O)ccc1Br.